The molecule has 4 nitrogen and oxygen atoms in total. The molecule has 0 amide bonds. The number of halogens is 1. The van der Waals surface area contributed by atoms with Gasteiger partial charge in [0.2, 0.25) is 0 Å². The smallest absolute Gasteiger partial charge is 0.162 e. The Morgan fingerprint density at radius 1 is 1.15 bits per heavy atom. The lowest BCUT2D eigenvalue weighted by Gasteiger charge is -2.32. The van der Waals surface area contributed by atoms with Gasteiger partial charge in [-0.05, 0) is 36.4 Å². The SMILES string of the molecule is ClC1CC(Nc2nccc3cc4c(cc23)OCCO4)C1. The van der Waals surface area contributed by atoms with Crippen LogP contribution in [0.4, 0.5) is 5.82 Å². The third-order valence-electron chi connectivity index (χ3n) is 3.85. The Morgan fingerprint density at radius 3 is 2.65 bits per heavy atom. The Morgan fingerprint density at radius 2 is 1.90 bits per heavy atom. The van der Waals surface area contributed by atoms with E-state index in [1.807, 2.05) is 24.4 Å². The molecular formula is C15H15ClN2O2. The lowest BCUT2D eigenvalue weighted by molar-refractivity contribution is 0.172. The minimum Gasteiger partial charge on any atom is -0.486 e. The van der Waals surface area contributed by atoms with Crippen molar-refractivity contribution in [1.82, 2.24) is 4.98 Å². The van der Waals surface area contributed by atoms with Crippen molar-refractivity contribution in [2.24, 2.45) is 0 Å². The van der Waals surface area contributed by atoms with Gasteiger partial charge in [0, 0.05) is 23.0 Å². The largest absolute Gasteiger partial charge is 0.486 e. The van der Waals surface area contributed by atoms with E-state index < -0.39 is 0 Å². The van der Waals surface area contributed by atoms with Gasteiger partial charge in [0.25, 0.3) is 0 Å². The second-order valence-corrected chi connectivity index (χ2v) is 5.90. The van der Waals surface area contributed by atoms with Gasteiger partial charge in [0.15, 0.2) is 11.5 Å². The van der Waals surface area contributed by atoms with Crippen molar-refractivity contribution in [2.75, 3.05) is 18.5 Å². The van der Waals surface area contributed by atoms with Crippen LogP contribution < -0.4 is 14.8 Å². The van der Waals surface area contributed by atoms with E-state index in [0.29, 0.717) is 24.6 Å². The van der Waals surface area contributed by atoms with Gasteiger partial charge in [-0.3, -0.25) is 0 Å². The predicted octanol–water partition coefficient (Wildman–Crippen LogP) is 3.19. The number of nitrogens with one attached hydrogen (secondary N) is 1. The molecule has 0 spiro atoms. The van der Waals surface area contributed by atoms with Crippen LogP contribution in [0, 0.1) is 0 Å². The molecule has 5 heteroatoms. The van der Waals surface area contributed by atoms with Crippen LogP contribution in [-0.4, -0.2) is 29.6 Å². The van der Waals surface area contributed by atoms with Gasteiger partial charge in [-0.1, -0.05) is 0 Å². The van der Waals surface area contributed by atoms with E-state index in [4.69, 9.17) is 21.1 Å². The summed E-state index contributed by atoms with van der Waals surface area (Å²) < 4.78 is 11.3. The molecule has 0 atom stereocenters. The Hall–Kier alpha value is -1.68. The van der Waals surface area contributed by atoms with E-state index in [9.17, 15) is 0 Å². The van der Waals surface area contributed by atoms with Crippen molar-refractivity contribution in [3.05, 3.63) is 24.4 Å². The summed E-state index contributed by atoms with van der Waals surface area (Å²) in [5.74, 6) is 2.50. The number of rotatable bonds is 2. The molecule has 4 rings (SSSR count). The van der Waals surface area contributed by atoms with E-state index in [0.717, 1.165) is 40.9 Å². The molecule has 2 heterocycles. The summed E-state index contributed by atoms with van der Waals surface area (Å²) in [5, 5.41) is 5.93. The molecule has 0 radical (unpaired) electrons. The number of pyridine rings is 1. The van der Waals surface area contributed by atoms with Gasteiger partial charge in [-0.15, -0.1) is 11.6 Å². The molecular weight excluding hydrogens is 276 g/mol. The van der Waals surface area contributed by atoms with Crippen LogP contribution in [-0.2, 0) is 0 Å². The molecule has 1 N–H and O–H groups in total. The minimum atomic E-state index is 0.298. The van der Waals surface area contributed by atoms with Crippen LogP contribution in [0.1, 0.15) is 12.8 Å². The molecule has 1 fully saturated rings. The molecule has 1 saturated carbocycles. The van der Waals surface area contributed by atoms with E-state index in [1.54, 1.807) is 0 Å². The second kappa shape index (κ2) is 4.70. The van der Waals surface area contributed by atoms with Crippen molar-refractivity contribution in [3.8, 4) is 11.5 Å². The molecule has 1 aliphatic heterocycles. The monoisotopic (exact) mass is 290 g/mol. The molecule has 0 unspecified atom stereocenters. The van der Waals surface area contributed by atoms with Crippen LogP contribution in [0.3, 0.4) is 0 Å². The van der Waals surface area contributed by atoms with Gasteiger partial charge in [0.05, 0.1) is 0 Å². The van der Waals surface area contributed by atoms with Crippen LogP contribution in [0.2, 0.25) is 0 Å². The average Bonchev–Trinajstić information content (AvgIpc) is 2.44. The minimum absolute atomic E-state index is 0.298. The van der Waals surface area contributed by atoms with E-state index in [-0.39, 0.29) is 0 Å². The first kappa shape index (κ1) is 12.1. The van der Waals surface area contributed by atoms with Crippen LogP contribution in [0.5, 0.6) is 11.5 Å². The van der Waals surface area contributed by atoms with Crippen molar-refractivity contribution in [3.63, 3.8) is 0 Å². The van der Waals surface area contributed by atoms with Gasteiger partial charge >= 0.3 is 0 Å². The van der Waals surface area contributed by atoms with Crippen LogP contribution >= 0.6 is 11.6 Å². The molecule has 1 aromatic carbocycles. The summed E-state index contributed by atoms with van der Waals surface area (Å²) in [4.78, 5) is 4.45. The Bertz CT molecular complexity index is 656. The third-order valence-corrected chi connectivity index (χ3v) is 4.20. The Kier molecular flexibility index (Phi) is 2.84. The summed E-state index contributed by atoms with van der Waals surface area (Å²) in [6, 6.07) is 6.44. The first-order valence-corrected chi connectivity index (χ1v) is 7.32. The normalized spacial score (nSPS) is 24.2. The summed E-state index contributed by atoms with van der Waals surface area (Å²) in [5.41, 5.74) is 0. The van der Waals surface area contributed by atoms with Gasteiger partial charge in [-0.25, -0.2) is 4.98 Å². The topological polar surface area (TPSA) is 43.4 Å². The molecule has 1 aliphatic carbocycles. The molecule has 104 valence electrons. The van der Waals surface area contributed by atoms with Crippen molar-refractivity contribution < 1.29 is 9.47 Å². The van der Waals surface area contributed by atoms with E-state index >= 15 is 0 Å². The number of aromatic nitrogens is 1. The molecule has 0 saturated heterocycles. The first-order valence-electron chi connectivity index (χ1n) is 6.88. The van der Waals surface area contributed by atoms with E-state index in [2.05, 4.69) is 10.3 Å². The van der Waals surface area contributed by atoms with Gasteiger partial charge < -0.3 is 14.8 Å². The number of anilines is 1. The first-order chi connectivity index (χ1) is 9.79. The highest BCUT2D eigenvalue weighted by molar-refractivity contribution is 6.21. The molecule has 20 heavy (non-hydrogen) atoms. The quantitative estimate of drug-likeness (QED) is 0.863. The number of benzene rings is 1. The van der Waals surface area contributed by atoms with Gasteiger partial charge in [-0.2, -0.15) is 0 Å². The lowest BCUT2D eigenvalue weighted by atomic mass is 9.92. The summed E-state index contributed by atoms with van der Waals surface area (Å²) >= 11 is 6.03. The molecule has 2 aliphatic rings. The zero-order chi connectivity index (χ0) is 13.5. The standard InChI is InChI=1S/C15H15ClN2O2/c16-10-6-11(7-10)18-15-12-8-14-13(19-3-4-20-14)5-9(12)1-2-17-15/h1-2,5,8,10-11H,3-4,6-7H2,(H,17,18). The highest BCUT2D eigenvalue weighted by atomic mass is 35.5. The summed E-state index contributed by atoms with van der Waals surface area (Å²) in [7, 11) is 0. The molecule has 2 aromatic rings. The average molecular weight is 291 g/mol. The van der Waals surface area contributed by atoms with E-state index in [1.165, 1.54) is 0 Å². The number of nitrogens with zero attached hydrogens (tertiary/aromatic N) is 1. The van der Waals surface area contributed by atoms with Crippen molar-refractivity contribution in [2.45, 2.75) is 24.3 Å². The third kappa shape index (κ3) is 2.04. The second-order valence-electron chi connectivity index (χ2n) is 5.29. The number of ether oxygens (including phenoxy) is 2. The van der Waals surface area contributed by atoms with Crippen LogP contribution in [0.25, 0.3) is 10.8 Å². The number of hydrogen-bond donors (Lipinski definition) is 1. The van der Waals surface area contributed by atoms with Crippen molar-refractivity contribution >= 4 is 28.2 Å². The zero-order valence-electron chi connectivity index (χ0n) is 10.9. The fourth-order valence-corrected chi connectivity index (χ4v) is 3.11. The number of hydrogen-bond acceptors (Lipinski definition) is 4. The fourth-order valence-electron chi connectivity index (χ4n) is 2.68. The maximum Gasteiger partial charge on any atom is 0.162 e. The number of alkyl halides is 1. The molecule has 0 bridgehead atoms. The highest BCUT2D eigenvalue weighted by Crippen LogP contribution is 2.37. The lowest BCUT2D eigenvalue weighted by Crippen LogP contribution is -2.36. The zero-order valence-corrected chi connectivity index (χ0v) is 11.7. The Balaban J connectivity index is 1.73. The van der Waals surface area contributed by atoms with Crippen molar-refractivity contribution in [1.29, 1.82) is 0 Å². The highest BCUT2D eigenvalue weighted by Gasteiger charge is 2.27. The predicted molar refractivity (Wildman–Crippen MR) is 79.0 cm³/mol. The maximum absolute atomic E-state index is 6.03. The summed E-state index contributed by atoms with van der Waals surface area (Å²) in [6.07, 6.45) is 3.80. The Labute approximate surface area is 122 Å². The van der Waals surface area contributed by atoms with Crippen LogP contribution in [0.15, 0.2) is 24.4 Å². The summed E-state index contributed by atoms with van der Waals surface area (Å²) in [6.45, 7) is 1.20. The molecule has 1 aromatic heterocycles. The maximum atomic E-state index is 6.03. The van der Waals surface area contributed by atoms with Gasteiger partial charge in [0.1, 0.15) is 19.0 Å². The number of fused-ring (bicyclic) bond motifs is 2. The fraction of sp³-hybridized carbons (Fsp3) is 0.400.